The number of alkyl halides is 3. The number of hydrogen-bond acceptors (Lipinski definition) is 7. The Bertz CT molecular complexity index is 713. The monoisotopic (exact) mass is 395 g/mol. The van der Waals surface area contributed by atoms with Crippen molar-refractivity contribution in [1.82, 2.24) is 10.2 Å². The van der Waals surface area contributed by atoms with Crippen molar-refractivity contribution in [1.29, 1.82) is 0 Å². The molecule has 1 aromatic rings. The Morgan fingerprint density at radius 2 is 2.08 bits per heavy atom. The third kappa shape index (κ3) is 4.29. The largest absolute Gasteiger partial charge is 0.573 e. The van der Waals surface area contributed by atoms with E-state index >= 15 is 0 Å². The second kappa shape index (κ2) is 7.17. The summed E-state index contributed by atoms with van der Waals surface area (Å²) in [6, 6.07) is 5.27. The summed E-state index contributed by atoms with van der Waals surface area (Å²) < 4.78 is 51.3. The van der Waals surface area contributed by atoms with Crippen molar-refractivity contribution in [3.63, 3.8) is 0 Å². The minimum Gasteiger partial charge on any atom is -0.406 e. The van der Waals surface area contributed by atoms with Crippen LogP contribution >= 0.6 is 11.6 Å². The molecule has 2 heterocycles. The first kappa shape index (κ1) is 18.5. The van der Waals surface area contributed by atoms with Gasteiger partial charge in [0.15, 0.2) is 0 Å². The van der Waals surface area contributed by atoms with Gasteiger partial charge in [0.1, 0.15) is 5.75 Å². The van der Waals surface area contributed by atoms with Gasteiger partial charge in [0.2, 0.25) is 5.16 Å². The van der Waals surface area contributed by atoms with Gasteiger partial charge < -0.3 is 24.3 Å². The van der Waals surface area contributed by atoms with Crippen molar-refractivity contribution in [2.45, 2.75) is 25.4 Å². The molecule has 1 unspecified atom stereocenters. The predicted octanol–water partition coefficient (Wildman–Crippen LogP) is 2.33. The van der Waals surface area contributed by atoms with Crippen LogP contribution in [-0.2, 0) is 16.1 Å². The molecule has 0 radical (unpaired) electrons. The lowest BCUT2D eigenvalue weighted by atomic mass is 10.2. The average molecular weight is 396 g/mol. The molecule has 1 N–H and O–H groups in total. The number of nitrogens with zero attached hydrogens (tertiary/aromatic N) is 2. The van der Waals surface area contributed by atoms with Gasteiger partial charge in [0.25, 0.3) is 6.35 Å². The second-order valence-corrected chi connectivity index (χ2v) is 5.86. The lowest BCUT2D eigenvalue weighted by molar-refractivity contribution is -0.432. The Balaban J connectivity index is 1.54. The molecule has 12 heteroatoms. The van der Waals surface area contributed by atoms with E-state index in [9.17, 15) is 23.3 Å². The molecular weight excluding hydrogens is 383 g/mol. The van der Waals surface area contributed by atoms with Gasteiger partial charge in [-0.15, -0.1) is 13.2 Å². The molecular formula is C14H13ClF3N3O5. The maximum Gasteiger partial charge on any atom is 0.573 e. The molecule has 0 spiro atoms. The Morgan fingerprint density at radius 3 is 2.69 bits per heavy atom. The van der Waals surface area contributed by atoms with Crippen LogP contribution in [0.3, 0.4) is 0 Å². The molecule has 8 nitrogen and oxygen atoms in total. The smallest absolute Gasteiger partial charge is 0.406 e. The number of nitrogens with one attached hydrogen (secondary N) is 1. The fraction of sp³-hybridized carbons (Fsp3) is 0.429. The van der Waals surface area contributed by atoms with Crippen molar-refractivity contribution < 1.29 is 32.3 Å². The average Bonchev–Trinajstić information content (AvgIpc) is 2.90. The zero-order valence-electron chi connectivity index (χ0n) is 13.0. The minimum absolute atomic E-state index is 0.0676. The highest BCUT2D eigenvalue weighted by molar-refractivity contribution is 6.29. The molecule has 142 valence electrons. The lowest BCUT2D eigenvalue weighted by Gasteiger charge is -2.33. The van der Waals surface area contributed by atoms with Crippen LogP contribution < -0.4 is 10.1 Å². The van der Waals surface area contributed by atoms with Gasteiger partial charge in [0.05, 0.1) is 25.9 Å². The Labute approximate surface area is 150 Å². The summed E-state index contributed by atoms with van der Waals surface area (Å²) in [4.78, 5) is 11.7. The van der Waals surface area contributed by atoms with Crippen molar-refractivity contribution in [2.75, 3.05) is 13.2 Å². The molecule has 0 amide bonds. The van der Waals surface area contributed by atoms with E-state index in [2.05, 4.69) is 10.1 Å². The fourth-order valence-electron chi connectivity index (χ4n) is 2.50. The van der Waals surface area contributed by atoms with Crippen LogP contribution in [0.5, 0.6) is 5.75 Å². The topological polar surface area (TPSA) is 86.1 Å². The molecule has 1 saturated heterocycles. The van der Waals surface area contributed by atoms with Gasteiger partial charge in [-0.2, -0.15) is 0 Å². The van der Waals surface area contributed by atoms with E-state index < -0.39 is 23.7 Å². The number of rotatable bonds is 5. The second-order valence-electron chi connectivity index (χ2n) is 5.50. The van der Waals surface area contributed by atoms with E-state index in [0.717, 1.165) is 0 Å². The number of nitro groups is 1. The zero-order valence-corrected chi connectivity index (χ0v) is 13.8. The minimum atomic E-state index is -4.74. The molecule has 2 aliphatic rings. The highest BCUT2D eigenvalue weighted by atomic mass is 35.5. The van der Waals surface area contributed by atoms with Gasteiger partial charge in [-0.3, -0.25) is 4.90 Å². The maximum absolute atomic E-state index is 12.1. The van der Waals surface area contributed by atoms with E-state index in [-0.39, 0.29) is 36.5 Å². The summed E-state index contributed by atoms with van der Waals surface area (Å²) in [6.07, 6.45) is -5.88. The van der Waals surface area contributed by atoms with E-state index in [0.29, 0.717) is 5.56 Å². The van der Waals surface area contributed by atoms with Crippen LogP contribution in [-0.4, -0.2) is 41.8 Å². The lowest BCUT2D eigenvalue weighted by Crippen LogP contribution is -2.50. The Morgan fingerprint density at radius 1 is 1.38 bits per heavy atom. The Hall–Kier alpha value is -2.24. The highest BCUT2D eigenvalue weighted by Crippen LogP contribution is 2.28. The van der Waals surface area contributed by atoms with E-state index in [4.69, 9.17) is 21.1 Å². The van der Waals surface area contributed by atoms with Crippen molar-refractivity contribution in [3.8, 4) is 5.75 Å². The summed E-state index contributed by atoms with van der Waals surface area (Å²) in [7, 11) is 0. The van der Waals surface area contributed by atoms with Gasteiger partial charge in [-0.25, -0.2) is 5.32 Å². The van der Waals surface area contributed by atoms with Crippen LogP contribution in [0.15, 0.2) is 35.2 Å². The first-order valence-corrected chi connectivity index (χ1v) is 7.76. The van der Waals surface area contributed by atoms with Crippen LogP contribution in [0.1, 0.15) is 5.56 Å². The van der Waals surface area contributed by atoms with E-state index in [1.807, 2.05) is 0 Å². The molecule has 2 aliphatic heterocycles. The van der Waals surface area contributed by atoms with Crippen LogP contribution in [0.4, 0.5) is 13.2 Å². The SMILES string of the molecule is O=[N+]([O-])C1=C(Cl)N2C[C@H](OCc3ccc(OC(F)(F)F)cc3)COC2N1. The number of benzene rings is 1. The maximum atomic E-state index is 12.1. The molecule has 3 rings (SSSR count). The highest BCUT2D eigenvalue weighted by Gasteiger charge is 2.43. The summed E-state index contributed by atoms with van der Waals surface area (Å²) in [5.41, 5.74) is 0.633. The van der Waals surface area contributed by atoms with E-state index in [1.54, 1.807) is 0 Å². The summed E-state index contributed by atoms with van der Waals surface area (Å²) in [6.45, 7) is 0.567. The van der Waals surface area contributed by atoms with Gasteiger partial charge in [-0.1, -0.05) is 23.7 Å². The van der Waals surface area contributed by atoms with E-state index in [1.165, 1.54) is 29.2 Å². The predicted molar refractivity (Wildman–Crippen MR) is 81.2 cm³/mol. The number of ether oxygens (including phenoxy) is 3. The van der Waals surface area contributed by atoms with Crippen LogP contribution in [0.2, 0.25) is 0 Å². The molecule has 1 aromatic carbocycles. The van der Waals surface area contributed by atoms with Crippen LogP contribution in [0.25, 0.3) is 0 Å². The van der Waals surface area contributed by atoms with Gasteiger partial charge in [-0.05, 0) is 22.6 Å². The molecule has 0 bridgehead atoms. The first-order chi connectivity index (χ1) is 12.2. The summed E-state index contributed by atoms with van der Waals surface area (Å²) in [5, 5.41) is 13.4. The van der Waals surface area contributed by atoms with Gasteiger partial charge >= 0.3 is 12.2 Å². The summed E-state index contributed by atoms with van der Waals surface area (Å²) >= 11 is 5.96. The molecule has 1 fully saturated rings. The number of fused-ring (bicyclic) bond motifs is 1. The van der Waals surface area contributed by atoms with Crippen molar-refractivity contribution >= 4 is 11.6 Å². The van der Waals surface area contributed by atoms with Gasteiger partial charge in [0, 0.05) is 0 Å². The standard InChI is InChI=1S/C14H13ClF3N3O5/c15-11-12(21(22)23)19-13-20(11)5-10(7-25-13)24-6-8-1-3-9(4-2-8)26-14(16,17)18/h1-4,10,13,19H,5-7H2/t10-,13?/m0/s1. The molecule has 2 atom stereocenters. The molecule has 26 heavy (non-hydrogen) atoms. The number of halogens is 4. The third-order valence-corrected chi connectivity index (χ3v) is 4.05. The normalized spacial score (nSPS) is 22.8. The summed E-state index contributed by atoms with van der Waals surface area (Å²) in [5.74, 6) is -0.657. The fourth-order valence-corrected chi connectivity index (χ4v) is 2.78. The van der Waals surface area contributed by atoms with Crippen LogP contribution in [0, 0.1) is 10.1 Å². The molecule has 0 saturated carbocycles. The third-order valence-electron chi connectivity index (χ3n) is 3.66. The number of hydrogen-bond donors (Lipinski definition) is 1. The van der Waals surface area contributed by atoms with Crippen molar-refractivity contribution in [3.05, 3.63) is 50.9 Å². The molecule has 0 aromatic heterocycles. The van der Waals surface area contributed by atoms with Crippen molar-refractivity contribution in [2.24, 2.45) is 0 Å². The zero-order chi connectivity index (χ0) is 18.9. The molecule has 0 aliphatic carbocycles. The quantitative estimate of drug-likeness (QED) is 0.465. The Kier molecular flexibility index (Phi) is 5.12. The first-order valence-electron chi connectivity index (χ1n) is 7.38.